The van der Waals surface area contributed by atoms with Gasteiger partial charge in [-0.2, -0.15) is 0 Å². The van der Waals surface area contributed by atoms with Crippen LogP contribution in [0.25, 0.3) is 0 Å². The van der Waals surface area contributed by atoms with Crippen LogP contribution in [0.3, 0.4) is 0 Å². The van der Waals surface area contributed by atoms with E-state index in [-0.39, 0.29) is 10.8 Å². The number of hydrogen-bond donors (Lipinski definition) is 0. The van der Waals surface area contributed by atoms with Gasteiger partial charge in [-0.3, -0.25) is 4.98 Å². The van der Waals surface area contributed by atoms with Gasteiger partial charge < -0.3 is 9.55 Å². The summed E-state index contributed by atoms with van der Waals surface area (Å²) in [6, 6.07) is 4.31. The minimum atomic E-state index is -0.254. The molecule has 0 bridgehead atoms. The van der Waals surface area contributed by atoms with Crippen molar-refractivity contribution in [2.24, 2.45) is 5.92 Å². The molecule has 1 aromatic heterocycles. The molecule has 1 radical (unpaired) electrons. The molecular weight excluding hydrogens is 326 g/mol. The van der Waals surface area contributed by atoms with Crippen LogP contribution < -0.4 is 5.46 Å². The van der Waals surface area contributed by atoms with Crippen LogP contribution in [0.4, 0.5) is 0 Å². The van der Waals surface area contributed by atoms with E-state index in [1.54, 1.807) is 0 Å². The Balaban J connectivity index is 1.95. The molecule has 1 aliphatic rings. The molecule has 0 amide bonds. The molecule has 3 nitrogen and oxygen atoms in total. The lowest BCUT2D eigenvalue weighted by molar-refractivity contribution is 0.0841. The molecule has 0 N–H and O–H groups in total. The summed E-state index contributed by atoms with van der Waals surface area (Å²) >= 11 is 0. The summed E-state index contributed by atoms with van der Waals surface area (Å²) in [5, 5.41) is -0.00195. The van der Waals surface area contributed by atoms with E-state index in [4.69, 9.17) is 9.64 Å². The molecule has 0 saturated carbocycles. The van der Waals surface area contributed by atoms with Crippen LogP contribution in [0.2, 0.25) is 0 Å². The Morgan fingerprint density at radius 2 is 1.96 bits per heavy atom. The molecular formula is C20H35BN2OP. The molecule has 3 unspecified atom stereocenters. The first-order valence-electron chi connectivity index (χ1n) is 9.54. The predicted molar refractivity (Wildman–Crippen MR) is 112 cm³/mol. The Morgan fingerprint density at radius 1 is 1.24 bits per heavy atom. The minimum absolute atomic E-state index is 0.00195. The maximum absolute atomic E-state index is 6.03. The number of rotatable bonds is 6. The molecule has 139 valence electrons. The van der Waals surface area contributed by atoms with Gasteiger partial charge in [0.25, 0.3) is 0 Å². The van der Waals surface area contributed by atoms with Crippen LogP contribution in [0.15, 0.2) is 18.3 Å². The van der Waals surface area contributed by atoms with E-state index in [0.29, 0.717) is 5.92 Å². The van der Waals surface area contributed by atoms with Gasteiger partial charge in [-0.1, -0.05) is 26.8 Å². The quantitative estimate of drug-likeness (QED) is 0.572. The van der Waals surface area contributed by atoms with Gasteiger partial charge in [0.05, 0.1) is 5.60 Å². The zero-order valence-corrected chi connectivity index (χ0v) is 18.0. The van der Waals surface area contributed by atoms with E-state index in [0.717, 1.165) is 11.4 Å². The van der Waals surface area contributed by atoms with Crippen LogP contribution in [-0.4, -0.2) is 48.3 Å². The summed E-state index contributed by atoms with van der Waals surface area (Å²) in [5.41, 5.74) is 1.98. The van der Waals surface area contributed by atoms with Gasteiger partial charge in [-0.05, 0) is 70.7 Å². The van der Waals surface area contributed by atoms with Crippen molar-refractivity contribution in [1.82, 2.24) is 9.88 Å². The number of hydrogen-bond acceptors (Lipinski definition) is 3. The number of pyridine rings is 1. The van der Waals surface area contributed by atoms with Crippen molar-refractivity contribution in [3.8, 4) is 0 Å². The molecule has 2 rings (SSSR count). The normalized spacial score (nSPS) is 21.6. The summed E-state index contributed by atoms with van der Waals surface area (Å²) in [7, 11) is 6.94. The van der Waals surface area contributed by atoms with Gasteiger partial charge in [0.2, 0.25) is 0 Å². The van der Waals surface area contributed by atoms with E-state index in [2.05, 4.69) is 67.9 Å². The average Bonchev–Trinajstić information content (AvgIpc) is 2.76. The first-order chi connectivity index (χ1) is 11.6. The summed E-state index contributed by atoms with van der Waals surface area (Å²) < 4.78 is 6.03. The third kappa shape index (κ3) is 5.77. The van der Waals surface area contributed by atoms with Crippen LogP contribution in [0, 0.1) is 5.92 Å². The molecule has 5 heteroatoms. The zero-order chi connectivity index (χ0) is 18.7. The van der Waals surface area contributed by atoms with Crippen molar-refractivity contribution in [2.75, 3.05) is 20.1 Å². The van der Waals surface area contributed by atoms with Gasteiger partial charge in [0.15, 0.2) is 0 Å². The Labute approximate surface area is 157 Å². The summed E-state index contributed by atoms with van der Waals surface area (Å²) in [6.45, 7) is 13.3. The monoisotopic (exact) mass is 361 g/mol. The molecule has 1 aromatic rings. The fourth-order valence-electron chi connectivity index (χ4n) is 3.13. The summed E-state index contributed by atoms with van der Waals surface area (Å²) in [5.74, 6) is 1.25. The van der Waals surface area contributed by atoms with Crippen molar-refractivity contribution in [2.45, 2.75) is 70.6 Å². The number of aromatic nitrogens is 1. The number of likely N-dealkylation sites (tertiary alicyclic amines) is 1. The van der Waals surface area contributed by atoms with E-state index in [1.165, 1.54) is 38.0 Å². The molecule has 25 heavy (non-hydrogen) atoms. The van der Waals surface area contributed by atoms with E-state index in [9.17, 15) is 0 Å². The molecule has 1 aliphatic heterocycles. The third-order valence-corrected chi connectivity index (χ3v) is 6.72. The SMILES string of the molecule is CC(c1ccc([B]OC(C)(C)C(C)(C)P)cn1)C1CCCN(C)CC1. The van der Waals surface area contributed by atoms with E-state index < -0.39 is 0 Å². The van der Waals surface area contributed by atoms with Gasteiger partial charge in [-0.15, -0.1) is 9.24 Å². The Kier molecular flexibility index (Phi) is 7.10. The largest absolute Gasteiger partial charge is 0.429 e. The maximum Gasteiger partial charge on any atom is 0.332 e. The minimum Gasteiger partial charge on any atom is -0.429 e. The van der Waals surface area contributed by atoms with Crippen LogP contribution in [-0.2, 0) is 4.65 Å². The average molecular weight is 361 g/mol. The highest BCUT2D eigenvalue weighted by molar-refractivity contribution is 7.19. The fraction of sp³-hybridized carbons (Fsp3) is 0.750. The van der Waals surface area contributed by atoms with Gasteiger partial charge in [0, 0.05) is 23.0 Å². The molecule has 1 fully saturated rings. The maximum atomic E-state index is 6.03. The van der Waals surface area contributed by atoms with Crippen LogP contribution in [0.5, 0.6) is 0 Å². The second-order valence-corrected chi connectivity index (χ2v) is 10.2. The van der Waals surface area contributed by atoms with E-state index in [1.807, 2.05) is 13.7 Å². The van der Waals surface area contributed by atoms with Crippen molar-refractivity contribution in [3.05, 3.63) is 24.0 Å². The molecule has 2 heterocycles. The van der Waals surface area contributed by atoms with Crippen molar-refractivity contribution in [1.29, 1.82) is 0 Å². The lowest BCUT2D eigenvalue weighted by atomic mass is 9.82. The first-order valence-corrected chi connectivity index (χ1v) is 10.1. The number of nitrogens with zero attached hydrogens (tertiary/aromatic N) is 2. The first kappa shape index (κ1) is 20.9. The highest BCUT2D eigenvalue weighted by atomic mass is 31.0. The summed E-state index contributed by atoms with van der Waals surface area (Å²) in [6.07, 6.45) is 5.82. The molecule has 0 aliphatic carbocycles. The highest BCUT2D eigenvalue weighted by Gasteiger charge is 2.33. The Hall–Kier alpha value is -0.435. The topological polar surface area (TPSA) is 25.4 Å². The van der Waals surface area contributed by atoms with Gasteiger partial charge >= 0.3 is 7.48 Å². The van der Waals surface area contributed by atoms with Crippen LogP contribution in [0.1, 0.15) is 65.5 Å². The summed E-state index contributed by atoms with van der Waals surface area (Å²) in [4.78, 5) is 7.19. The third-order valence-electron chi connectivity index (χ3n) is 6.02. The van der Waals surface area contributed by atoms with Crippen LogP contribution >= 0.6 is 9.24 Å². The van der Waals surface area contributed by atoms with E-state index >= 15 is 0 Å². The molecule has 0 aromatic carbocycles. The molecule has 1 saturated heterocycles. The zero-order valence-electron chi connectivity index (χ0n) is 16.9. The predicted octanol–water partition coefficient (Wildman–Crippen LogP) is 3.61. The second-order valence-electron chi connectivity index (χ2n) is 8.77. The van der Waals surface area contributed by atoms with Gasteiger partial charge in [-0.25, -0.2) is 0 Å². The smallest absolute Gasteiger partial charge is 0.332 e. The van der Waals surface area contributed by atoms with Crippen molar-refractivity contribution < 1.29 is 4.65 Å². The lowest BCUT2D eigenvalue weighted by Gasteiger charge is -2.39. The fourth-order valence-corrected chi connectivity index (χ4v) is 3.20. The standard InChI is InChI=1S/C20H35BN2OP/c1-15(16-8-7-12-23(6)13-11-16)18-10-9-17(14-22-18)21-24-19(2,3)20(4,5)25/h9-10,14-16H,7-8,11-13,25H2,1-6H3. The Bertz CT molecular complexity index is 542. The van der Waals surface area contributed by atoms with Crippen molar-refractivity contribution in [3.63, 3.8) is 0 Å². The lowest BCUT2D eigenvalue weighted by Crippen LogP contribution is -2.45. The molecule has 3 atom stereocenters. The Morgan fingerprint density at radius 3 is 2.56 bits per heavy atom. The van der Waals surface area contributed by atoms with Crippen molar-refractivity contribution >= 4 is 22.2 Å². The molecule has 0 spiro atoms. The second kappa shape index (κ2) is 8.50. The highest BCUT2D eigenvalue weighted by Crippen LogP contribution is 2.33. The van der Waals surface area contributed by atoms with Gasteiger partial charge in [0.1, 0.15) is 0 Å².